The van der Waals surface area contributed by atoms with E-state index in [0.29, 0.717) is 44.7 Å². The Kier molecular flexibility index (Phi) is 10.1. The second-order valence-electron chi connectivity index (χ2n) is 18.8. The van der Waals surface area contributed by atoms with Crippen molar-refractivity contribution < 1.29 is 32.4 Å². The van der Waals surface area contributed by atoms with Crippen molar-refractivity contribution in [2.45, 2.75) is 148 Å². The molecule has 0 aromatic carbocycles. The van der Waals surface area contributed by atoms with Crippen LogP contribution in [0.5, 0.6) is 0 Å². The third-order valence-electron chi connectivity index (χ3n) is 12.5. The number of hydrogen-bond donors (Lipinski definition) is 4. The van der Waals surface area contributed by atoms with Crippen molar-refractivity contribution in [2.75, 3.05) is 18.8 Å². The van der Waals surface area contributed by atoms with Crippen molar-refractivity contribution in [3.05, 3.63) is 0 Å². The maximum absolute atomic E-state index is 14.5. The molecular formula is C37H61N5O7S. The molecule has 5 fully saturated rings. The first-order valence-corrected chi connectivity index (χ1v) is 20.4. The lowest BCUT2D eigenvalue weighted by Crippen LogP contribution is -2.64. The second kappa shape index (κ2) is 13.1. The molecule has 1 saturated heterocycles. The highest BCUT2D eigenvalue weighted by Crippen LogP contribution is 2.65. The molecule has 0 spiro atoms. The summed E-state index contributed by atoms with van der Waals surface area (Å²) in [5, 5.41) is 11.7. The van der Waals surface area contributed by atoms with E-state index in [1.165, 1.54) is 0 Å². The lowest BCUT2D eigenvalue weighted by molar-refractivity contribution is -0.145. The Bertz CT molecular complexity index is 1500. The number of ketones is 1. The van der Waals surface area contributed by atoms with Crippen LogP contribution < -0.4 is 21.3 Å². The van der Waals surface area contributed by atoms with E-state index < -0.39 is 72.7 Å². The zero-order valence-corrected chi connectivity index (χ0v) is 32.5. The molecule has 12 nitrogen and oxygen atoms in total. The number of likely N-dealkylation sites (tertiary alicyclic amines) is 1. The number of nitrogens with zero attached hydrogens (tertiary/aromatic N) is 1. The molecule has 1 aliphatic heterocycles. The number of nitrogens with one attached hydrogen (secondary N) is 4. The van der Waals surface area contributed by atoms with Crippen molar-refractivity contribution in [1.29, 1.82) is 0 Å². The predicted octanol–water partition coefficient (Wildman–Crippen LogP) is 3.48. The number of piperidine rings is 1. The molecule has 5 aliphatic rings. The van der Waals surface area contributed by atoms with Gasteiger partial charge in [-0.3, -0.25) is 19.2 Å². The summed E-state index contributed by atoms with van der Waals surface area (Å²) in [7, 11) is -3.56. The van der Waals surface area contributed by atoms with Gasteiger partial charge in [0.15, 0.2) is 9.84 Å². The first-order chi connectivity index (χ1) is 23.0. The van der Waals surface area contributed by atoms with Gasteiger partial charge in [0.1, 0.15) is 17.6 Å². The molecular weight excluding hydrogens is 659 g/mol. The van der Waals surface area contributed by atoms with Crippen LogP contribution in [0.2, 0.25) is 0 Å². The predicted molar refractivity (Wildman–Crippen MR) is 191 cm³/mol. The summed E-state index contributed by atoms with van der Waals surface area (Å²) >= 11 is 0. The Hall–Kier alpha value is -2.70. The van der Waals surface area contributed by atoms with Gasteiger partial charge < -0.3 is 26.2 Å². The van der Waals surface area contributed by atoms with Gasteiger partial charge in [0.25, 0.3) is 5.91 Å². The minimum absolute atomic E-state index is 0.0689. The minimum Gasteiger partial charge on any atom is -0.349 e. The average molecular weight is 720 g/mol. The van der Waals surface area contributed by atoms with Crippen molar-refractivity contribution in [3.63, 3.8) is 0 Å². The van der Waals surface area contributed by atoms with Gasteiger partial charge in [-0.25, -0.2) is 13.2 Å². The van der Waals surface area contributed by atoms with E-state index >= 15 is 0 Å². The summed E-state index contributed by atoms with van der Waals surface area (Å²) in [6.07, 6.45) is 6.64. The van der Waals surface area contributed by atoms with Gasteiger partial charge in [0.2, 0.25) is 17.6 Å². The molecule has 0 aromatic rings. The molecule has 50 heavy (non-hydrogen) atoms. The molecule has 5 rings (SSSR count). The molecule has 1 heterocycles. The lowest BCUT2D eigenvalue weighted by Gasteiger charge is -2.41. The molecule has 0 aromatic heterocycles. The van der Waals surface area contributed by atoms with E-state index in [-0.39, 0.29) is 28.9 Å². The van der Waals surface area contributed by atoms with E-state index in [2.05, 4.69) is 35.1 Å². The highest BCUT2D eigenvalue weighted by atomic mass is 32.2. The first kappa shape index (κ1) is 38.5. The van der Waals surface area contributed by atoms with Crippen LogP contribution in [0, 0.1) is 34.5 Å². The summed E-state index contributed by atoms with van der Waals surface area (Å²) < 4.78 is 25.7. The topological polar surface area (TPSA) is 171 Å². The second-order valence-corrected chi connectivity index (χ2v) is 21.5. The molecule has 0 radical (unpaired) electrons. The van der Waals surface area contributed by atoms with E-state index in [1.807, 2.05) is 27.7 Å². The van der Waals surface area contributed by atoms with Gasteiger partial charge in [-0.2, -0.15) is 0 Å². The molecule has 0 bridgehead atoms. The molecule has 13 heteroatoms. The largest absolute Gasteiger partial charge is 0.349 e. The molecule has 4 N–H and O–H groups in total. The average Bonchev–Trinajstić information content (AvgIpc) is 3.96. The monoisotopic (exact) mass is 719 g/mol. The number of Topliss-reactive ketones (excluding diaryl/α,β-unsaturated/α-hetero) is 1. The van der Waals surface area contributed by atoms with Crippen LogP contribution in [0.25, 0.3) is 0 Å². The standard InChI is InChI=1S/C37H61N5O7S/c1-10-23-18-37(23,28(43)30(45)38-19-22-14-15-22)40-29(44)26-25-24(35(25,8)9)20-42(26)31(46)27(33(2,3)4)39-32(47)41-36(16-12-11-13-17-36)21-50(48,49)34(5,6)7/h22-27H,10-21H2,1-9H3,(H,38,45)(H,40,44)(H2,39,41,47)/t23-,24-,25-,26-,27+,37+/m0/s1. The zero-order valence-electron chi connectivity index (χ0n) is 31.7. The highest BCUT2D eigenvalue weighted by Gasteiger charge is 2.71. The maximum Gasteiger partial charge on any atom is 0.315 e. The van der Waals surface area contributed by atoms with Crippen LogP contribution in [0.15, 0.2) is 0 Å². The molecule has 4 saturated carbocycles. The van der Waals surface area contributed by atoms with Crippen LogP contribution in [0.1, 0.15) is 120 Å². The number of sulfone groups is 1. The quantitative estimate of drug-likeness (QED) is 0.224. The molecule has 0 unspecified atom stereocenters. The number of hydrogen-bond acceptors (Lipinski definition) is 7. The lowest BCUT2D eigenvalue weighted by atomic mass is 9.83. The van der Waals surface area contributed by atoms with Crippen LogP contribution >= 0.6 is 0 Å². The van der Waals surface area contributed by atoms with Crippen LogP contribution in [-0.2, 0) is 29.0 Å². The van der Waals surface area contributed by atoms with Crippen LogP contribution in [0.4, 0.5) is 4.79 Å². The van der Waals surface area contributed by atoms with E-state index in [1.54, 1.807) is 25.7 Å². The van der Waals surface area contributed by atoms with Crippen molar-refractivity contribution in [3.8, 4) is 0 Å². The van der Waals surface area contributed by atoms with E-state index in [9.17, 15) is 32.4 Å². The van der Waals surface area contributed by atoms with Gasteiger partial charge in [-0.05, 0) is 87.4 Å². The zero-order chi connectivity index (χ0) is 37.2. The molecule has 4 aliphatic carbocycles. The number of rotatable bonds is 12. The van der Waals surface area contributed by atoms with Crippen molar-refractivity contribution in [2.24, 2.45) is 34.5 Å². The van der Waals surface area contributed by atoms with Crippen LogP contribution in [-0.4, -0.2) is 89.6 Å². The maximum atomic E-state index is 14.5. The fourth-order valence-corrected chi connectivity index (χ4v) is 10.1. The number of urea groups is 1. The van der Waals surface area contributed by atoms with E-state index in [0.717, 1.165) is 32.1 Å². The van der Waals surface area contributed by atoms with Gasteiger partial charge in [-0.15, -0.1) is 0 Å². The number of carbonyl (C=O) groups excluding carboxylic acids is 5. The molecule has 282 valence electrons. The first-order valence-electron chi connectivity index (χ1n) is 18.8. The Balaban J connectivity index is 1.34. The Labute approximate surface area is 298 Å². The van der Waals surface area contributed by atoms with Gasteiger partial charge >= 0.3 is 6.03 Å². The Morgan fingerprint density at radius 1 is 0.920 bits per heavy atom. The Morgan fingerprint density at radius 2 is 1.54 bits per heavy atom. The fraction of sp³-hybridized carbons (Fsp3) is 0.865. The third-order valence-corrected chi connectivity index (χ3v) is 15.3. The Morgan fingerprint density at radius 3 is 2.06 bits per heavy atom. The smallest absolute Gasteiger partial charge is 0.315 e. The third kappa shape index (κ3) is 7.44. The van der Waals surface area contributed by atoms with Gasteiger partial charge in [0.05, 0.1) is 16.0 Å². The summed E-state index contributed by atoms with van der Waals surface area (Å²) in [6.45, 7) is 17.4. The van der Waals surface area contributed by atoms with Gasteiger partial charge in [0, 0.05) is 13.1 Å². The minimum atomic E-state index is -3.56. The van der Waals surface area contributed by atoms with Gasteiger partial charge in [-0.1, -0.05) is 67.2 Å². The molecule has 6 atom stereocenters. The normalized spacial score (nSPS) is 30.4. The highest BCUT2D eigenvalue weighted by molar-refractivity contribution is 7.92. The SMILES string of the molecule is CC[C@H]1C[C@]1(NC(=O)[C@@H]1[C@@H]2[C@H](CN1C(=O)[C@@H](NC(=O)NC1(CS(=O)(=O)C(C)(C)C)CCCCC1)C(C)(C)C)C2(C)C)C(=O)C(=O)NCC1CC1. The number of fused-ring (bicyclic) bond motifs is 1. The van der Waals surface area contributed by atoms with E-state index in [4.69, 9.17) is 0 Å². The number of carbonyl (C=O) groups is 5. The number of amides is 5. The summed E-state index contributed by atoms with van der Waals surface area (Å²) in [4.78, 5) is 70.6. The van der Waals surface area contributed by atoms with Crippen LogP contribution in [0.3, 0.4) is 0 Å². The summed E-state index contributed by atoms with van der Waals surface area (Å²) in [6, 6.07) is -2.50. The summed E-state index contributed by atoms with van der Waals surface area (Å²) in [5.74, 6) is -2.16. The van der Waals surface area contributed by atoms with Crippen molar-refractivity contribution >= 4 is 39.4 Å². The van der Waals surface area contributed by atoms with Crippen molar-refractivity contribution in [1.82, 2.24) is 26.2 Å². The fourth-order valence-electron chi connectivity index (χ4n) is 8.60. The summed E-state index contributed by atoms with van der Waals surface area (Å²) in [5.41, 5.74) is -3.18. The molecule has 5 amide bonds.